The van der Waals surface area contributed by atoms with E-state index in [1.807, 2.05) is 11.8 Å². The van der Waals surface area contributed by atoms with E-state index in [1.54, 1.807) is 0 Å². The van der Waals surface area contributed by atoms with Gasteiger partial charge in [-0.2, -0.15) is 11.8 Å². The van der Waals surface area contributed by atoms with Gasteiger partial charge in [-0.3, -0.25) is 4.84 Å². The summed E-state index contributed by atoms with van der Waals surface area (Å²) in [6, 6.07) is -0.314. The summed E-state index contributed by atoms with van der Waals surface area (Å²) >= 11 is 1.87. The van der Waals surface area contributed by atoms with Gasteiger partial charge in [-0.05, 0) is 31.9 Å². The van der Waals surface area contributed by atoms with Crippen molar-refractivity contribution in [3.8, 4) is 0 Å². The van der Waals surface area contributed by atoms with Gasteiger partial charge in [0.05, 0.1) is 0 Å². The number of hydrogen-bond donors (Lipinski definition) is 3. The molecule has 6 nitrogen and oxygen atoms in total. The van der Waals surface area contributed by atoms with Crippen LogP contribution in [-0.2, 0) is 9.63 Å². The highest BCUT2D eigenvalue weighted by molar-refractivity contribution is 7.99. The number of amides is 2. The van der Waals surface area contributed by atoms with Crippen LogP contribution in [-0.4, -0.2) is 41.3 Å². The van der Waals surface area contributed by atoms with Gasteiger partial charge < -0.3 is 10.4 Å². The van der Waals surface area contributed by atoms with E-state index in [1.165, 1.54) is 0 Å². The molecule has 2 amide bonds. The van der Waals surface area contributed by atoms with Crippen LogP contribution in [0.4, 0.5) is 4.79 Å². The van der Waals surface area contributed by atoms with Crippen molar-refractivity contribution in [2.75, 3.05) is 12.9 Å². The van der Waals surface area contributed by atoms with E-state index in [-0.39, 0.29) is 6.04 Å². The van der Waals surface area contributed by atoms with Crippen molar-refractivity contribution in [1.82, 2.24) is 10.8 Å². The first kappa shape index (κ1) is 14.1. The fourth-order valence-corrected chi connectivity index (χ4v) is 2.56. The monoisotopic (exact) mass is 262 g/mol. The Bertz CT molecular complexity index is 267. The van der Waals surface area contributed by atoms with Gasteiger partial charge >= 0.3 is 12.0 Å². The molecule has 0 unspecified atom stereocenters. The maximum absolute atomic E-state index is 11.3. The Balaban J connectivity index is 2.12. The van der Waals surface area contributed by atoms with Gasteiger partial charge in [0, 0.05) is 11.3 Å². The minimum atomic E-state index is -1.12. The lowest BCUT2D eigenvalue weighted by Gasteiger charge is -2.27. The largest absolute Gasteiger partial charge is 0.479 e. The van der Waals surface area contributed by atoms with Crippen molar-refractivity contribution < 1.29 is 19.5 Å². The third kappa shape index (κ3) is 5.78. The Morgan fingerprint density at radius 1 is 1.35 bits per heavy atom. The number of carbonyl (C=O) groups excluding carboxylic acids is 1. The molecule has 17 heavy (non-hydrogen) atoms. The molecule has 0 aromatic carbocycles. The van der Waals surface area contributed by atoms with Crippen LogP contribution < -0.4 is 10.8 Å². The number of urea groups is 1. The van der Waals surface area contributed by atoms with Crippen molar-refractivity contribution in [1.29, 1.82) is 0 Å². The summed E-state index contributed by atoms with van der Waals surface area (Å²) in [6.07, 6.45) is 6.21. The second-order valence-electron chi connectivity index (χ2n) is 3.97. The highest BCUT2D eigenvalue weighted by atomic mass is 32.2. The number of aliphatic carboxylic acids is 1. The lowest BCUT2D eigenvalue weighted by molar-refractivity contribution is -0.144. The third-order valence-electron chi connectivity index (χ3n) is 2.70. The fourth-order valence-electron chi connectivity index (χ4n) is 1.82. The molecule has 1 fully saturated rings. The van der Waals surface area contributed by atoms with Crippen LogP contribution in [0.1, 0.15) is 25.7 Å². The summed E-state index contributed by atoms with van der Waals surface area (Å²) in [5.41, 5.74) is 2.05. The fraction of sp³-hybridized carbons (Fsp3) is 0.800. The van der Waals surface area contributed by atoms with E-state index >= 15 is 0 Å². The van der Waals surface area contributed by atoms with Gasteiger partial charge in [0.25, 0.3) is 0 Å². The minimum absolute atomic E-state index is 0.159. The van der Waals surface area contributed by atoms with Gasteiger partial charge in [0.15, 0.2) is 6.61 Å². The number of carboxylic acids is 1. The predicted molar refractivity (Wildman–Crippen MR) is 64.8 cm³/mol. The average molecular weight is 262 g/mol. The Morgan fingerprint density at radius 3 is 2.53 bits per heavy atom. The summed E-state index contributed by atoms with van der Waals surface area (Å²) in [6.45, 7) is -0.535. The van der Waals surface area contributed by atoms with E-state index in [2.05, 4.69) is 21.9 Å². The number of hydrogen-bond acceptors (Lipinski definition) is 4. The molecule has 0 aromatic rings. The standard InChI is InChI=1S/C10H18N2O4S/c1-17-8-4-2-7(3-5-8)11-10(15)12-16-6-9(13)14/h7-8H,2-6H2,1H3,(H,13,14)(H2,11,12,15). The maximum Gasteiger partial charge on any atom is 0.338 e. The molecule has 0 heterocycles. The Morgan fingerprint density at radius 2 is 2.00 bits per heavy atom. The Labute approximate surface area is 104 Å². The Hall–Kier alpha value is -0.950. The molecular formula is C10H18N2O4S. The van der Waals surface area contributed by atoms with Gasteiger partial charge in [-0.1, -0.05) is 0 Å². The zero-order valence-corrected chi connectivity index (χ0v) is 10.6. The molecular weight excluding hydrogens is 244 g/mol. The molecule has 1 aliphatic carbocycles. The summed E-state index contributed by atoms with van der Waals surface area (Å²) < 4.78 is 0. The molecule has 0 atom stereocenters. The Kier molecular flexibility index (Phi) is 6.13. The first-order valence-corrected chi connectivity index (χ1v) is 6.83. The molecule has 1 aliphatic rings. The lowest BCUT2D eigenvalue weighted by atomic mass is 9.95. The molecule has 0 spiro atoms. The zero-order chi connectivity index (χ0) is 12.7. The normalized spacial score (nSPS) is 24.1. The molecule has 0 aliphatic heterocycles. The summed E-state index contributed by atoms with van der Waals surface area (Å²) in [7, 11) is 0. The maximum atomic E-state index is 11.3. The van der Waals surface area contributed by atoms with Gasteiger partial charge in [0.2, 0.25) is 0 Å². The molecule has 0 bridgehead atoms. The average Bonchev–Trinajstić information content (AvgIpc) is 2.29. The molecule has 98 valence electrons. The number of carboxylic acid groups (broad SMARTS) is 1. The van der Waals surface area contributed by atoms with Gasteiger partial charge in [-0.25, -0.2) is 15.1 Å². The topological polar surface area (TPSA) is 87.7 Å². The van der Waals surface area contributed by atoms with Crippen LogP contribution in [0.5, 0.6) is 0 Å². The molecule has 0 saturated heterocycles. The number of thioether (sulfide) groups is 1. The number of hydroxylamine groups is 1. The van der Waals surface area contributed by atoms with Crippen LogP contribution in [0, 0.1) is 0 Å². The van der Waals surface area contributed by atoms with Gasteiger partial charge in [-0.15, -0.1) is 0 Å². The van der Waals surface area contributed by atoms with E-state index in [0.717, 1.165) is 25.7 Å². The summed E-state index contributed by atoms with van der Waals surface area (Å²) in [4.78, 5) is 25.9. The lowest BCUT2D eigenvalue weighted by Crippen LogP contribution is -2.44. The molecule has 0 radical (unpaired) electrons. The second-order valence-corrected chi connectivity index (χ2v) is 5.11. The van der Waals surface area contributed by atoms with Crippen molar-refractivity contribution in [2.45, 2.75) is 37.0 Å². The quantitative estimate of drug-likeness (QED) is 0.643. The van der Waals surface area contributed by atoms with E-state index in [9.17, 15) is 9.59 Å². The van der Waals surface area contributed by atoms with Crippen LogP contribution in [0.3, 0.4) is 0 Å². The first-order chi connectivity index (χ1) is 8.11. The molecule has 1 rings (SSSR count). The van der Waals surface area contributed by atoms with Crippen molar-refractivity contribution in [2.24, 2.45) is 0 Å². The van der Waals surface area contributed by atoms with Crippen LogP contribution >= 0.6 is 11.8 Å². The van der Waals surface area contributed by atoms with E-state index in [0.29, 0.717) is 5.25 Å². The van der Waals surface area contributed by atoms with Crippen molar-refractivity contribution in [3.63, 3.8) is 0 Å². The predicted octanol–water partition coefficient (Wildman–Crippen LogP) is 0.976. The molecule has 7 heteroatoms. The highest BCUT2D eigenvalue weighted by Crippen LogP contribution is 2.26. The summed E-state index contributed by atoms with van der Waals surface area (Å²) in [5, 5.41) is 11.8. The molecule has 0 aromatic heterocycles. The first-order valence-electron chi connectivity index (χ1n) is 5.54. The van der Waals surface area contributed by atoms with E-state index < -0.39 is 18.6 Å². The highest BCUT2D eigenvalue weighted by Gasteiger charge is 2.21. The SMILES string of the molecule is CSC1CCC(NC(=O)NOCC(=O)O)CC1. The number of carbonyl (C=O) groups is 2. The van der Waals surface area contributed by atoms with Gasteiger partial charge in [0.1, 0.15) is 0 Å². The zero-order valence-electron chi connectivity index (χ0n) is 9.77. The second kappa shape index (κ2) is 7.39. The molecule has 3 N–H and O–H groups in total. The van der Waals surface area contributed by atoms with Crippen molar-refractivity contribution in [3.05, 3.63) is 0 Å². The van der Waals surface area contributed by atoms with Crippen molar-refractivity contribution >= 4 is 23.8 Å². The third-order valence-corrected chi connectivity index (χ3v) is 3.84. The van der Waals surface area contributed by atoms with Crippen LogP contribution in [0.25, 0.3) is 0 Å². The minimum Gasteiger partial charge on any atom is -0.479 e. The molecule has 1 saturated carbocycles. The van der Waals surface area contributed by atoms with Crippen LogP contribution in [0.15, 0.2) is 0 Å². The summed E-state index contributed by atoms with van der Waals surface area (Å²) in [5.74, 6) is -1.12. The number of rotatable bonds is 5. The number of nitrogens with one attached hydrogen (secondary N) is 2. The van der Waals surface area contributed by atoms with E-state index in [4.69, 9.17) is 5.11 Å². The van der Waals surface area contributed by atoms with Crippen LogP contribution in [0.2, 0.25) is 0 Å². The smallest absolute Gasteiger partial charge is 0.338 e.